The predicted octanol–water partition coefficient (Wildman–Crippen LogP) is 2.15. The second-order valence-corrected chi connectivity index (χ2v) is 6.73. The fourth-order valence-corrected chi connectivity index (χ4v) is 3.33. The molecule has 1 aliphatic heterocycles. The van der Waals surface area contributed by atoms with Gasteiger partial charge in [0.15, 0.2) is 0 Å². The average molecular weight is 344 g/mol. The number of likely N-dealkylation sites (tertiary alicyclic amines) is 1. The molecule has 0 unspecified atom stereocenters. The highest BCUT2D eigenvalue weighted by molar-refractivity contribution is 5.78. The Labute approximate surface area is 147 Å². The highest BCUT2D eigenvalue weighted by atomic mass is 19.1. The Morgan fingerprint density at radius 2 is 2.16 bits per heavy atom. The Kier molecular flexibility index (Phi) is 5.81. The third kappa shape index (κ3) is 5.13. The molecule has 0 spiro atoms. The van der Waals surface area contributed by atoms with Crippen LogP contribution in [-0.4, -0.2) is 46.3 Å². The molecule has 1 aliphatic rings. The van der Waals surface area contributed by atoms with Crippen LogP contribution in [0.2, 0.25) is 0 Å². The molecule has 2 aromatic rings. The molecule has 5 nitrogen and oxygen atoms in total. The first-order chi connectivity index (χ1) is 12.1. The molecule has 2 heterocycles. The lowest BCUT2D eigenvalue weighted by Gasteiger charge is -2.23. The minimum absolute atomic E-state index is 0.0469. The molecule has 6 heteroatoms. The van der Waals surface area contributed by atoms with E-state index in [-0.39, 0.29) is 11.7 Å². The first kappa shape index (κ1) is 17.6. The summed E-state index contributed by atoms with van der Waals surface area (Å²) in [5, 5.41) is 7.31. The molecule has 1 saturated heterocycles. The second-order valence-electron chi connectivity index (χ2n) is 6.73. The Balaban J connectivity index is 1.42. The zero-order valence-corrected chi connectivity index (χ0v) is 14.6. The molecule has 1 atom stereocenters. The molecule has 0 radical (unpaired) electrons. The second kappa shape index (κ2) is 8.25. The van der Waals surface area contributed by atoms with E-state index < -0.39 is 0 Å². The normalized spacial score (nSPS) is 17.8. The summed E-state index contributed by atoms with van der Waals surface area (Å²) in [6.45, 7) is 4.81. The summed E-state index contributed by atoms with van der Waals surface area (Å²) >= 11 is 0. The molecular weight excluding hydrogens is 319 g/mol. The maximum absolute atomic E-state index is 12.9. The Bertz CT molecular complexity index is 698. The number of carbonyl (C=O) groups is 1. The van der Waals surface area contributed by atoms with Gasteiger partial charge in [0.1, 0.15) is 5.82 Å². The third-order valence-electron chi connectivity index (χ3n) is 4.66. The number of benzene rings is 1. The fraction of sp³-hybridized carbons (Fsp3) is 0.474. The van der Waals surface area contributed by atoms with Gasteiger partial charge in [0.2, 0.25) is 5.91 Å². The first-order valence-electron chi connectivity index (χ1n) is 8.84. The van der Waals surface area contributed by atoms with Crippen molar-refractivity contribution in [3.05, 3.63) is 53.6 Å². The van der Waals surface area contributed by atoms with Crippen molar-refractivity contribution in [2.24, 2.45) is 0 Å². The molecule has 0 aliphatic carbocycles. The average Bonchev–Trinajstić information content (AvgIpc) is 3.19. The highest BCUT2D eigenvalue weighted by Gasteiger charge is 2.26. The number of nitrogens with zero attached hydrogens (tertiary/aromatic N) is 3. The van der Waals surface area contributed by atoms with Gasteiger partial charge in [-0.25, -0.2) is 4.39 Å². The van der Waals surface area contributed by atoms with E-state index in [2.05, 4.69) is 15.3 Å². The van der Waals surface area contributed by atoms with E-state index in [1.165, 1.54) is 12.1 Å². The molecule has 25 heavy (non-hydrogen) atoms. The summed E-state index contributed by atoms with van der Waals surface area (Å²) in [6.07, 6.45) is 6.83. The van der Waals surface area contributed by atoms with Gasteiger partial charge < -0.3 is 5.32 Å². The lowest BCUT2D eigenvalue weighted by molar-refractivity contribution is -0.122. The SMILES string of the molecule is Cc1cnn(C[C@@H]2CCCN2CC(=O)NCCc2ccc(F)cc2)c1. The van der Waals surface area contributed by atoms with Gasteiger partial charge >= 0.3 is 0 Å². The maximum Gasteiger partial charge on any atom is 0.234 e. The van der Waals surface area contributed by atoms with Gasteiger partial charge in [-0.3, -0.25) is 14.4 Å². The van der Waals surface area contributed by atoms with Gasteiger partial charge in [0.25, 0.3) is 0 Å². The van der Waals surface area contributed by atoms with Crippen LogP contribution < -0.4 is 5.32 Å². The number of halogens is 1. The van der Waals surface area contributed by atoms with E-state index in [1.807, 2.05) is 24.0 Å². The number of amides is 1. The number of hydrogen-bond acceptors (Lipinski definition) is 3. The van der Waals surface area contributed by atoms with Gasteiger partial charge in [-0.2, -0.15) is 5.10 Å². The lowest BCUT2D eigenvalue weighted by Crippen LogP contribution is -2.41. The third-order valence-corrected chi connectivity index (χ3v) is 4.66. The van der Waals surface area contributed by atoms with E-state index in [1.54, 1.807) is 12.1 Å². The molecule has 1 aromatic carbocycles. The Morgan fingerprint density at radius 1 is 1.36 bits per heavy atom. The van der Waals surface area contributed by atoms with Gasteiger partial charge in [0.05, 0.1) is 19.3 Å². The van der Waals surface area contributed by atoms with Crippen molar-refractivity contribution in [3.63, 3.8) is 0 Å². The van der Waals surface area contributed by atoms with Crippen LogP contribution in [0, 0.1) is 12.7 Å². The van der Waals surface area contributed by atoms with Crippen LogP contribution in [0.15, 0.2) is 36.7 Å². The largest absolute Gasteiger partial charge is 0.355 e. The van der Waals surface area contributed by atoms with Crippen LogP contribution >= 0.6 is 0 Å². The van der Waals surface area contributed by atoms with Crippen molar-refractivity contribution in [2.45, 2.75) is 38.8 Å². The highest BCUT2D eigenvalue weighted by Crippen LogP contribution is 2.18. The fourth-order valence-electron chi connectivity index (χ4n) is 3.33. The van der Waals surface area contributed by atoms with Crippen LogP contribution in [0.5, 0.6) is 0 Å². The van der Waals surface area contributed by atoms with Crippen LogP contribution in [0.25, 0.3) is 0 Å². The standard InChI is InChI=1S/C19H25FN4O/c1-15-11-22-24(12-15)13-18-3-2-10-23(18)14-19(25)21-9-8-16-4-6-17(20)7-5-16/h4-7,11-12,18H,2-3,8-10,13-14H2,1H3,(H,21,25)/t18-/m0/s1. The number of carbonyl (C=O) groups excluding carboxylic acids is 1. The summed E-state index contributed by atoms with van der Waals surface area (Å²) in [5.74, 6) is -0.189. The van der Waals surface area contributed by atoms with Gasteiger partial charge in [-0.05, 0) is 56.0 Å². The zero-order valence-electron chi connectivity index (χ0n) is 14.6. The zero-order chi connectivity index (χ0) is 17.6. The number of rotatable bonds is 7. The van der Waals surface area contributed by atoms with Crippen LogP contribution in [0.3, 0.4) is 0 Å². The van der Waals surface area contributed by atoms with E-state index in [4.69, 9.17) is 0 Å². The van der Waals surface area contributed by atoms with E-state index in [0.717, 1.165) is 37.1 Å². The predicted molar refractivity (Wildman–Crippen MR) is 94.7 cm³/mol. The smallest absolute Gasteiger partial charge is 0.234 e. The number of aromatic nitrogens is 2. The topological polar surface area (TPSA) is 50.2 Å². The van der Waals surface area contributed by atoms with E-state index in [0.29, 0.717) is 25.6 Å². The number of aryl methyl sites for hydroxylation is 1. The Hall–Kier alpha value is -2.21. The van der Waals surface area contributed by atoms with Gasteiger partial charge in [-0.1, -0.05) is 12.1 Å². The van der Waals surface area contributed by atoms with Crippen molar-refractivity contribution in [1.29, 1.82) is 0 Å². The summed E-state index contributed by atoms with van der Waals surface area (Å²) in [4.78, 5) is 14.5. The van der Waals surface area contributed by atoms with Crippen molar-refractivity contribution in [1.82, 2.24) is 20.0 Å². The molecule has 1 N–H and O–H groups in total. The molecule has 1 fully saturated rings. The monoisotopic (exact) mass is 344 g/mol. The van der Waals surface area contributed by atoms with Crippen molar-refractivity contribution in [2.75, 3.05) is 19.6 Å². The van der Waals surface area contributed by atoms with E-state index >= 15 is 0 Å². The molecule has 0 bridgehead atoms. The number of hydrogen-bond donors (Lipinski definition) is 1. The van der Waals surface area contributed by atoms with Crippen LogP contribution in [-0.2, 0) is 17.8 Å². The molecule has 1 amide bonds. The molecular formula is C19H25FN4O. The molecule has 0 saturated carbocycles. The van der Waals surface area contributed by atoms with Crippen molar-refractivity contribution in [3.8, 4) is 0 Å². The van der Waals surface area contributed by atoms with E-state index in [9.17, 15) is 9.18 Å². The summed E-state index contributed by atoms with van der Waals surface area (Å²) in [6, 6.07) is 6.77. The molecule has 3 rings (SSSR count). The maximum atomic E-state index is 12.9. The molecule has 1 aromatic heterocycles. The quantitative estimate of drug-likeness (QED) is 0.837. The lowest BCUT2D eigenvalue weighted by atomic mass is 10.1. The summed E-state index contributed by atoms with van der Waals surface area (Å²) in [5.41, 5.74) is 2.18. The minimum Gasteiger partial charge on any atom is -0.355 e. The number of nitrogens with one attached hydrogen (secondary N) is 1. The van der Waals surface area contributed by atoms with Crippen molar-refractivity contribution >= 4 is 5.91 Å². The molecule has 134 valence electrons. The van der Waals surface area contributed by atoms with Gasteiger partial charge in [-0.15, -0.1) is 0 Å². The van der Waals surface area contributed by atoms with Crippen molar-refractivity contribution < 1.29 is 9.18 Å². The summed E-state index contributed by atoms with van der Waals surface area (Å²) in [7, 11) is 0. The van der Waals surface area contributed by atoms with Crippen LogP contribution in [0.4, 0.5) is 4.39 Å². The van der Waals surface area contributed by atoms with Gasteiger partial charge in [0, 0.05) is 18.8 Å². The first-order valence-corrected chi connectivity index (χ1v) is 8.84. The van der Waals surface area contributed by atoms with Crippen LogP contribution in [0.1, 0.15) is 24.0 Å². The Morgan fingerprint density at radius 3 is 2.88 bits per heavy atom. The minimum atomic E-state index is -0.236. The summed E-state index contributed by atoms with van der Waals surface area (Å²) < 4.78 is 14.8.